The molecule has 0 saturated carbocycles. The van der Waals surface area contributed by atoms with E-state index in [4.69, 9.17) is 21.3 Å². The number of hydrogen-bond acceptors (Lipinski definition) is 3. The summed E-state index contributed by atoms with van der Waals surface area (Å²) in [6, 6.07) is 24.4. The Kier molecular flexibility index (Phi) is 5.42. The van der Waals surface area contributed by atoms with Crippen LogP contribution in [0, 0.1) is 0 Å². The highest BCUT2D eigenvalue weighted by Crippen LogP contribution is 2.26. The zero-order valence-corrected chi connectivity index (χ0v) is 17.1. The van der Waals surface area contributed by atoms with E-state index < -0.39 is 0 Å². The van der Waals surface area contributed by atoms with Gasteiger partial charge in [-0.05, 0) is 42.0 Å². The highest BCUT2D eigenvalue weighted by molar-refractivity contribution is 9.10. The molecule has 3 nitrogen and oxygen atoms in total. The number of pyridine rings is 1. The Morgan fingerprint density at radius 2 is 1.68 bits per heavy atom. The highest BCUT2D eigenvalue weighted by atomic mass is 79.9. The number of rotatable bonds is 4. The monoisotopic (exact) mass is 451 g/mol. The van der Waals surface area contributed by atoms with Crippen molar-refractivity contribution in [2.75, 3.05) is 0 Å². The molecule has 0 radical (unpaired) electrons. The lowest BCUT2D eigenvalue weighted by Crippen LogP contribution is -2.07. The van der Waals surface area contributed by atoms with Gasteiger partial charge in [0.25, 0.3) is 0 Å². The molecule has 0 atom stereocenters. The molecule has 0 aliphatic carbocycles. The van der Waals surface area contributed by atoms with Crippen LogP contribution in [0.1, 0.15) is 15.9 Å². The molecule has 0 amide bonds. The van der Waals surface area contributed by atoms with Crippen LogP contribution in [-0.4, -0.2) is 11.0 Å². The number of para-hydroxylation sites is 1. The average Bonchev–Trinajstić information content (AvgIpc) is 2.73. The Labute approximate surface area is 176 Å². The van der Waals surface area contributed by atoms with Crippen LogP contribution in [0.5, 0.6) is 0 Å². The number of nitrogens with zero attached hydrogens (tertiary/aromatic N) is 1. The SMILES string of the molecule is O=C(OCc1ccc(Br)cc1)c1cc(-c2ccc(Cl)cc2)nc2ccccc12. The lowest BCUT2D eigenvalue weighted by Gasteiger charge is -2.10. The van der Waals surface area contributed by atoms with Crippen LogP contribution >= 0.6 is 27.5 Å². The van der Waals surface area contributed by atoms with Crippen molar-refractivity contribution in [1.29, 1.82) is 0 Å². The molecular formula is C23H15BrClNO2. The lowest BCUT2D eigenvalue weighted by atomic mass is 10.0. The first-order chi connectivity index (χ1) is 13.6. The van der Waals surface area contributed by atoms with Crippen LogP contribution in [0.3, 0.4) is 0 Å². The molecule has 3 aromatic carbocycles. The molecule has 0 saturated heterocycles. The summed E-state index contributed by atoms with van der Waals surface area (Å²) in [7, 11) is 0. The van der Waals surface area contributed by atoms with Gasteiger partial charge < -0.3 is 4.74 Å². The van der Waals surface area contributed by atoms with Gasteiger partial charge in [-0.3, -0.25) is 0 Å². The van der Waals surface area contributed by atoms with Crippen molar-refractivity contribution in [1.82, 2.24) is 4.98 Å². The Hall–Kier alpha value is -2.69. The van der Waals surface area contributed by atoms with E-state index in [0.29, 0.717) is 16.3 Å². The molecule has 1 aromatic heterocycles. The Balaban J connectivity index is 1.69. The predicted molar refractivity (Wildman–Crippen MR) is 115 cm³/mol. The number of halogens is 2. The third kappa shape index (κ3) is 4.08. The molecule has 0 unspecified atom stereocenters. The first-order valence-electron chi connectivity index (χ1n) is 8.67. The fourth-order valence-electron chi connectivity index (χ4n) is 2.92. The van der Waals surface area contributed by atoms with E-state index >= 15 is 0 Å². The largest absolute Gasteiger partial charge is 0.457 e. The van der Waals surface area contributed by atoms with E-state index in [0.717, 1.165) is 26.5 Å². The summed E-state index contributed by atoms with van der Waals surface area (Å²) in [5, 5.41) is 1.42. The van der Waals surface area contributed by atoms with Gasteiger partial charge in [-0.1, -0.05) is 70.0 Å². The third-order valence-corrected chi connectivity index (χ3v) is 5.14. The van der Waals surface area contributed by atoms with Crippen LogP contribution < -0.4 is 0 Å². The van der Waals surface area contributed by atoms with Crippen molar-refractivity contribution < 1.29 is 9.53 Å². The van der Waals surface area contributed by atoms with Crippen molar-refractivity contribution in [2.45, 2.75) is 6.61 Å². The Morgan fingerprint density at radius 3 is 2.43 bits per heavy atom. The van der Waals surface area contributed by atoms with Crippen molar-refractivity contribution in [2.24, 2.45) is 0 Å². The van der Waals surface area contributed by atoms with E-state index in [2.05, 4.69) is 15.9 Å². The molecule has 0 aliphatic rings. The van der Waals surface area contributed by atoms with Gasteiger partial charge in [-0.2, -0.15) is 0 Å². The Morgan fingerprint density at radius 1 is 0.964 bits per heavy atom. The molecule has 0 fully saturated rings. The van der Waals surface area contributed by atoms with E-state index in [9.17, 15) is 4.79 Å². The second-order valence-electron chi connectivity index (χ2n) is 6.28. The number of benzene rings is 3. The maximum Gasteiger partial charge on any atom is 0.339 e. The number of aromatic nitrogens is 1. The molecule has 5 heteroatoms. The molecule has 4 aromatic rings. The number of fused-ring (bicyclic) bond motifs is 1. The number of ether oxygens (including phenoxy) is 1. The quantitative estimate of drug-likeness (QED) is 0.324. The fourth-order valence-corrected chi connectivity index (χ4v) is 3.31. The molecule has 0 N–H and O–H groups in total. The number of carbonyl (C=O) groups excluding carboxylic acids is 1. The van der Waals surface area contributed by atoms with Crippen LogP contribution in [0.25, 0.3) is 22.2 Å². The number of carbonyl (C=O) groups is 1. The second kappa shape index (κ2) is 8.13. The number of esters is 1. The third-order valence-electron chi connectivity index (χ3n) is 4.36. The predicted octanol–water partition coefficient (Wildman–Crippen LogP) is 6.67. The van der Waals surface area contributed by atoms with E-state index in [-0.39, 0.29) is 12.6 Å². The standard InChI is InChI=1S/C23H15BrClNO2/c24-17-9-5-15(6-10-17)14-28-23(27)20-13-22(16-7-11-18(25)12-8-16)26-21-4-2-1-3-19(20)21/h1-13H,14H2. The summed E-state index contributed by atoms with van der Waals surface area (Å²) in [6.45, 7) is 0.207. The Bertz CT molecular complexity index is 1140. The second-order valence-corrected chi connectivity index (χ2v) is 7.63. The topological polar surface area (TPSA) is 39.2 Å². The summed E-state index contributed by atoms with van der Waals surface area (Å²) in [5.74, 6) is -0.378. The summed E-state index contributed by atoms with van der Waals surface area (Å²) in [4.78, 5) is 17.5. The minimum Gasteiger partial charge on any atom is -0.457 e. The minimum atomic E-state index is -0.378. The van der Waals surface area contributed by atoms with Gasteiger partial charge in [0, 0.05) is 20.4 Å². The van der Waals surface area contributed by atoms with Crippen molar-refractivity contribution >= 4 is 44.4 Å². The molecule has 138 valence electrons. The van der Waals surface area contributed by atoms with Crippen molar-refractivity contribution in [3.8, 4) is 11.3 Å². The maximum atomic E-state index is 12.9. The molecule has 1 heterocycles. The van der Waals surface area contributed by atoms with E-state index in [1.165, 1.54) is 0 Å². The lowest BCUT2D eigenvalue weighted by molar-refractivity contribution is 0.0475. The van der Waals surface area contributed by atoms with Crippen LogP contribution in [0.4, 0.5) is 0 Å². The number of hydrogen-bond donors (Lipinski definition) is 0. The van der Waals surface area contributed by atoms with Gasteiger partial charge in [0.15, 0.2) is 0 Å². The molecular weight excluding hydrogens is 438 g/mol. The molecule has 28 heavy (non-hydrogen) atoms. The average molecular weight is 453 g/mol. The summed E-state index contributed by atoms with van der Waals surface area (Å²) in [6.07, 6.45) is 0. The van der Waals surface area contributed by atoms with Crippen LogP contribution in [-0.2, 0) is 11.3 Å². The van der Waals surface area contributed by atoms with Crippen molar-refractivity contribution in [3.63, 3.8) is 0 Å². The van der Waals surface area contributed by atoms with E-state index in [1.54, 1.807) is 18.2 Å². The minimum absolute atomic E-state index is 0.207. The normalized spacial score (nSPS) is 10.8. The first kappa shape index (κ1) is 18.7. The smallest absolute Gasteiger partial charge is 0.339 e. The van der Waals surface area contributed by atoms with Crippen LogP contribution in [0.2, 0.25) is 5.02 Å². The zero-order valence-electron chi connectivity index (χ0n) is 14.7. The molecule has 4 rings (SSSR count). The van der Waals surface area contributed by atoms with Gasteiger partial charge in [0.1, 0.15) is 6.61 Å². The summed E-state index contributed by atoms with van der Waals surface area (Å²) < 4.78 is 6.55. The van der Waals surface area contributed by atoms with Crippen molar-refractivity contribution in [3.05, 3.63) is 99.5 Å². The first-order valence-corrected chi connectivity index (χ1v) is 9.84. The summed E-state index contributed by atoms with van der Waals surface area (Å²) >= 11 is 9.39. The van der Waals surface area contributed by atoms with Gasteiger partial charge >= 0.3 is 5.97 Å². The summed E-state index contributed by atoms with van der Waals surface area (Å²) in [5.41, 5.74) is 3.74. The fraction of sp³-hybridized carbons (Fsp3) is 0.0435. The molecule has 0 spiro atoms. The van der Waals surface area contributed by atoms with Gasteiger partial charge in [-0.15, -0.1) is 0 Å². The highest BCUT2D eigenvalue weighted by Gasteiger charge is 2.15. The van der Waals surface area contributed by atoms with Gasteiger partial charge in [0.05, 0.1) is 16.8 Å². The van der Waals surface area contributed by atoms with Crippen LogP contribution in [0.15, 0.2) is 83.3 Å². The molecule has 0 aliphatic heterocycles. The molecule has 0 bridgehead atoms. The zero-order chi connectivity index (χ0) is 19.5. The maximum absolute atomic E-state index is 12.9. The van der Waals surface area contributed by atoms with E-state index in [1.807, 2.05) is 60.7 Å². The van der Waals surface area contributed by atoms with Gasteiger partial charge in [-0.25, -0.2) is 9.78 Å². The van der Waals surface area contributed by atoms with Gasteiger partial charge in [0.2, 0.25) is 0 Å².